The van der Waals surface area contributed by atoms with Crippen LogP contribution in [0.15, 0.2) is 60.7 Å². The maximum absolute atomic E-state index is 6.29. The summed E-state index contributed by atoms with van der Waals surface area (Å²) in [4.78, 5) is 12.1. The van der Waals surface area contributed by atoms with Crippen LogP contribution in [-0.4, -0.2) is 62.8 Å². The Morgan fingerprint density at radius 1 is 1.06 bits per heavy atom. The van der Waals surface area contributed by atoms with Gasteiger partial charge in [0.2, 0.25) is 0 Å². The molecule has 5 rings (SSSR count). The summed E-state index contributed by atoms with van der Waals surface area (Å²) in [5.41, 5.74) is 3.49. The smallest absolute Gasteiger partial charge is 0.161 e. The minimum absolute atomic E-state index is 0.0137. The zero-order valence-corrected chi connectivity index (χ0v) is 21.1. The van der Waals surface area contributed by atoms with Crippen LogP contribution < -0.4 is 20.9 Å². The van der Waals surface area contributed by atoms with E-state index in [2.05, 4.69) is 81.5 Å². The molecule has 3 N–H and O–H groups in total. The van der Waals surface area contributed by atoms with E-state index in [-0.39, 0.29) is 18.2 Å². The van der Waals surface area contributed by atoms with Crippen molar-refractivity contribution in [1.29, 1.82) is 0 Å². The molecule has 2 atom stereocenters. The van der Waals surface area contributed by atoms with Gasteiger partial charge in [0, 0.05) is 32.5 Å². The molecule has 2 aliphatic rings. The van der Waals surface area contributed by atoms with Crippen LogP contribution in [0.5, 0.6) is 0 Å². The van der Waals surface area contributed by atoms with Crippen molar-refractivity contribution in [2.24, 2.45) is 0 Å². The van der Waals surface area contributed by atoms with Gasteiger partial charge in [-0.3, -0.25) is 0 Å². The van der Waals surface area contributed by atoms with E-state index < -0.39 is 0 Å². The predicted molar refractivity (Wildman–Crippen MR) is 144 cm³/mol. The van der Waals surface area contributed by atoms with Crippen LogP contribution in [0.2, 0.25) is 0 Å². The number of likely N-dealkylation sites (N-methyl/N-ethyl adjacent to an activating group) is 1. The average molecular weight is 489 g/mol. The van der Waals surface area contributed by atoms with Gasteiger partial charge >= 0.3 is 0 Å². The number of nitrogens with zero attached hydrogens (tertiary/aromatic N) is 3. The first-order valence-electron chi connectivity index (χ1n) is 12.8. The lowest BCUT2D eigenvalue weighted by Crippen LogP contribution is -2.36. The molecule has 1 aromatic heterocycles. The molecule has 2 unspecified atom stereocenters. The van der Waals surface area contributed by atoms with Crippen molar-refractivity contribution < 1.29 is 9.47 Å². The molecule has 8 heteroatoms. The van der Waals surface area contributed by atoms with Gasteiger partial charge in [-0.15, -0.1) is 0 Å². The summed E-state index contributed by atoms with van der Waals surface area (Å²) in [6.45, 7) is 2.81. The van der Waals surface area contributed by atoms with Gasteiger partial charge in [-0.05, 0) is 31.0 Å². The van der Waals surface area contributed by atoms with Crippen molar-refractivity contribution in [1.82, 2.24) is 15.3 Å². The Bertz CT molecular complexity index is 1070. The highest BCUT2D eigenvalue weighted by Crippen LogP contribution is 2.39. The van der Waals surface area contributed by atoms with Crippen molar-refractivity contribution in [3.8, 4) is 0 Å². The second kappa shape index (κ2) is 11.7. The Labute approximate surface area is 213 Å². The normalized spacial score (nSPS) is 18.9. The first-order chi connectivity index (χ1) is 17.8. The lowest BCUT2D eigenvalue weighted by Gasteiger charge is -2.25. The third-order valence-corrected chi connectivity index (χ3v) is 6.90. The third kappa shape index (κ3) is 5.46. The molecule has 36 heavy (non-hydrogen) atoms. The molecule has 2 aliphatic heterocycles. The average Bonchev–Trinajstić information content (AvgIpc) is 3.56. The largest absolute Gasteiger partial charge is 0.382 e. The molecule has 3 heterocycles. The van der Waals surface area contributed by atoms with Gasteiger partial charge in [0.1, 0.15) is 17.7 Å². The fourth-order valence-electron chi connectivity index (χ4n) is 5.04. The highest BCUT2D eigenvalue weighted by Gasteiger charge is 2.36. The van der Waals surface area contributed by atoms with E-state index in [1.54, 1.807) is 7.11 Å². The molecule has 0 saturated carbocycles. The first-order valence-corrected chi connectivity index (χ1v) is 12.8. The van der Waals surface area contributed by atoms with Crippen LogP contribution in [0, 0.1) is 0 Å². The SMILES string of the molecule is CNCCc1nc(NCC(c2ccccc2)c2ccccc2)c2c(n1)N(C1CCC(COC)O1)CN2. The lowest BCUT2D eigenvalue weighted by atomic mass is 9.91. The molecule has 0 bridgehead atoms. The predicted octanol–water partition coefficient (Wildman–Crippen LogP) is 3.82. The van der Waals surface area contributed by atoms with E-state index >= 15 is 0 Å². The number of nitrogens with one attached hydrogen (secondary N) is 3. The summed E-state index contributed by atoms with van der Waals surface area (Å²) in [5, 5.41) is 10.4. The highest BCUT2D eigenvalue weighted by atomic mass is 16.5. The van der Waals surface area contributed by atoms with Crippen LogP contribution in [0.4, 0.5) is 17.3 Å². The molecule has 8 nitrogen and oxygen atoms in total. The topological polar surface area (TPSA) is 83.6 Å². The molecule has 190 valence electrons. The van der Waals surface area contributed by atoms with E-state index in [0.717, 1.165) is 55.5 Å². The summed E-state index contributed by atoms with van der Waals surface area (Å²) in [5.74, 6) is 2.78. The molecule has 2 aromatic carbocycles. The molecule has 0 radical (unpaired) electrons. The number of rotatable bonds is 11. The lowest BCUT2D eigenvalue weighted by molar-refractivity contribution is -0.00157. The summed E-state index contributed by atoms with van der Waals surface area (Å²) >= 11 is 0. The highest BCUT2D eigenvalue weighted by molar-refractivity contribution is 5.81. The summed E-state index contributed by atoms with van der Waals surface area (Å²) in [6.07, 6.45) is 2.82. The van der Waals surface area contributed by atoms with Crippen molar-refractivity contribution >= 4 is 17.3 Å². The minimum atomic E-state index is -0.0137. The number of methoxy groups -OCH3 is 1. The Kier molecular flexibility index (Phi) is 7.95. The number of hydrogen-bond acceptors (Lipinski definition) is 8. The Balaban J connectivity index is 1.41. The standard InChI is InChI=1S/C28H36N6O2/c1-29-16-15-24-32-27(26-28(33-24)34(19-31-26)25-14-13-22(36-25)18-35-2)30-17-23(20-9-5-3-6-10-20)21-11-7-4-8-12-21/h3-12,22-23,25,29,31H,13-19H2,1-2H3,(H,30,32,33). The zero-order valence-electron chi connectivity index (χ0n) is 21.1. The second-order valence-corrected chi connectivity index (χ2v) is 9.35. The van der Waals surface area contributed by atoms with Gasteiger partial charge < -0.3 is 30.3 Å². The molecular formula is C28H36N6O2. The van der Waals surface area contributed by atoms with Crippen LogP contribution in [0.1, 0.15) is 35.7 Å². The molecule has 0 spiro atoms. The van der Waals surface area contributed by atoms with Gasteiger partial charge in [0.05, 0.1) is 19.4 Å². The number of aromatic nitrogens is 2. The summed E-state index contributed by atoms with van der Waals surface area (Å²) in [7, 11) is 3.67. The van der Waals surface area contributed by atoms with Gasteiger partial charge in [-0.2, -0.15) is 0 Å². The van der Waals surface area contributed by atoms with Gasteiger partial charge in [-0.1, -0.05) is 60.7 Å². The Morgan fingerprint density at radius 3 is 2.44 bits per heavy atom. The molecule has 3 aromatic rings. The van der Waals surface area contributed by atoms with Crippen LogP contribution >= 0.6 is 0 Å². The van der Waals surface area contributed by atoms with E-state index in [1.807, 2.05) is 7.05 Å². The van der Waals surface area contributed by atoms with E-state index in [4.69, 9.17) is 19.4 Å². The minimum Gasteiger partial charge on any atom is -0.382 e. The zero-order chi connectivity index (χ0) is 24.7. The summed E-state index contributed by atoms with van der Waals surface area (Å²) < 4.78 is 11.6. The maximum Gasteiger partial charge on any atom is 0.161 e. The third-order valence-electron chi connectivity index (χ3n) is 6.90. The van der Waals surface area contributed by atoms with Crippen molar-refractivity contribution in [3.63, 3.8) is 0 Å². The maximum atomic E-state index is 6.29. The molecule has 0 amide bonds. The van der Waals surface area contributed by atoms with Crippen molar-refractivity contribution in [3.05, 3.63) is 77.6 Å². The van der Waals surface area contributed by atoms with Gasteiger partial charge in [0.25, 0.3) is 0 Å². The van der Waals surface area contributed by atoms with Crippen LogP contribution in [0.25, 0.3) is 0 Å². The number of hydrogen-bond donors (Lipinski definition) is 3. The van der Waals surface area contributed by atoms with E-state index in [1.165, 1.54) is 11.1 Å². The number of benzene rings is 2. The number of anilines is 3. The first kappa shape index (κ1) is 24.5. The summed E-state index contributed by atoms with van der Waals surface area (Å²) in [6, 6.07) is 21.3. The quantitative estimate of drug-likeness (QED) is 0.376. The number of ether oxygens (including phenoxy) is 2. The van der Waals surface area contributed by atoms with Crippen molar-refractivity contribution in [2.45, 2.75) is 37.5 Å². The Hall–Kier alpha value is -3.20. The monoisotopic (exact) mass is 488 g/mol. The molecule has 1 saturated heterocycles. The fraction of sp³-hybridized carbons (Fsp3) is 0.429. The second-order valence-electron chi connectivity index (χ2n) is 9.35. The van der Waals surface area contributed by atoms with Crippen LogP contribution in [0.3, 0.4) is 0 Å². The number of fused-ring (bicyclic) bond motifs is 1. The van der Waals surface area contributed by atoms with Gasteiger partial charge in [-0.25, -0.2) is 9.97 Å². The Morgan fingerprint density at radius 2 is 1.78 bits per heavy atom. The van der Waals surface area contributed by atoms with E-state index in [0.29, 0.717) is 13.3 Å². The molecular weight excluding hydrogens is 452 g/mol. The van der Waals surface area contributed by atoms with Crippen molar-refractivity contribution in [2.75, 3.05) is 56.1 Å². The van der Waals surface area contributed by atoms with Crippen LogP contribution in [-0.2, 0) is 15.9 Å². The molecule has 1 fully saturated rings. The van der Waals surface area contributed by atoms with E-state index in [9.17, 15) is 0 Å². The van der Waals surface area contributed by atoms with Gasteiger partial charge in [0.15, 0.2) is 11.6 Å². The fourth-order valence-corrected chi connectivity index (χ4v) is 5.04. The molecule has 0 aliphatic carbocycles.